The van der Waals surface area contributed by atoms with Crippen molar-refractivity contribution in [2.24, 2.45) is 5.84 Å². The van der Waals surface area contributed by atoms with Crippen LogP contribution in [0.3, 0.4) is 0 Å². The van der Waals surface area contributed by atoms with Crippen LogP contribution in [0.2, 0.25) is 0 Å². The summed E-state index contributed by atoms with van der Waals surface area (Å²) in [4.78, 5) is 4.57. The van der Waals surface area contributed by atoms with Crippen LogP contribution in [0.1, 0.15) is 35.7 Å². The summed E-state index contributed by atoms with van der Waals surface area (Å²) in [5, 5.41) is 4.67. The second kappa shape index (κ2) is 4.79. The van der Waals surface area contributed by atoms with Crippen molar-refractivity contribution < 1.29 is 4.74 Å². The highest BCUT2D eigenvalue weighted by molar-refractivity contribution is 5.55. The maximum absolute atomic E-state index is 5.61. The lowest BCUT2D eigenvalue weighted by Crippen LogP contribution is -2.16. The van der Waals surface area contributed by atoms with Crippen molar-refractivity contribution in [1.82, 2.24) is 14.6 Å². The molecule has 102 valence electrons. The van der Waals surface area contributed by atoms with Gasteiger partial charge in [0.15, 0.2) is 5.65 Å². The van der Waals surface area contributed by atoms with Gasteiger partial charge in [0.05, 0.1) is 5.69 Å². The fourth-order valence-electron chi connectivity index (χ4n) is 2.58. The van der Waals surface area contributed by atoms with Crippen molar-refractivity contribution in [1.29, 1.82) is 0 Å². The molecule has 0 unspecified atom stereocenters. The average Bonchev–Trinajstić information content (AvgIpc) is 2.84. The first-order valence-electron chi connectivity index (χ1n) is 6.62. The van der Waals surface area contributed by atoms with Crippen LogP contribution in [-0.2, 0) is 4.74 Å². The average molecular weight is 261 g/mol. The summed E-state index contributed by atoms with van der Waals surface area (Å²) in [6.45, 7) is 5.60. The zero-order valence-electron chi connectivity index (χ0n) is 11.3. The highest BCUT2D eigenvalue weighted by atomic mass is 16.5. The number of anilines is 1. The molecule has 0 aromatic carbocycles. The number of hydrogen-bond acceptors (Lipinski definition) is 5. The van der Waals surface area contributed by atoms with E-state index in [0.717, 1.165) is 54.5 Å². The summed E-state index contributed by atoms with van der Waals surface area (Å²) in [6, 6.07) is 2.06. The van der Waals surface area contributed by atoms with Crippen molar-refractivity contribution in [3.8, 4) is 0 Å². The van der Waals surface area contributed by atoms with E-state index in [4.69, 9.17) is 10.6 Å². The number of nitrogens with one attached hydrogen (secondary N) is 1. The van der Waals surface area contributed by atoms with Gasteiger partial charge in [-0.05, 0) is 26.7 Å². The molecule has 3 rings (SSSR count). The number of nitrogen functional groups attached to an aromatic ring is 1. The zero-order chi connectivity index (χ0) is 13.4. The summed E-state index contributed by atoms with van der Waals surface area (Å²) in [5.41, 5.74) is 6.65. The summed E-state index contributed by atoms with van der Waals surface area (Å²) in [7, 11) is 0. The van der Waals surface area contributed by atoms with E-state index in [0.29, 0.717) is 5.92 Å². The van der Waals surface area contributed by atoms with Gasteiger partial charge in [0, 0.05) is 36.5 Å². The van der Waals surface area contributed by atoms with Crippen molar-refractivity contribution in [2.45, 2.75) is 32.6 Å². The summed E-state index contributed by atoms with van der Waals surface area (Å²) in [5.74, 6) is 6.88. The molecule has 0 atom stereocenters. The number of aryl methyl sites for hydroxylation is 1. The van der Waals surface area contributed by atoms with E-state index in [1.165, 1.54) is 0 Å². The predicted molar refractivity (Wildman–Crippen MR) is 73.1 cm³/mol. The Balaban J connectivity index is 2.09. The molecule has 0 aliphatic carbocycles. The Kier molecular flexibility index (Phi) is 3.12. The zero-order valence-corrected chi connectivity index (χ0v) is 11.3. The first-order valence-corrected chi connectivity index (χ1v) is 6.62. The lowest BCUT2D eigenvalue weighted by molar-refractivity contribution is 0.0844. The van der Waals surface area contributed by atoms with Gasteiger partial charge in [-0.15, -0.1) is 0 Å². The molecule has 0 radical (unpaired) electrons. The van der Waals surface area contributed by atoms with Gasteiger partial charge in [-0.2, -0.15) is 9.61 Å². The van der Waals surface area contributed by atoms with Crippen molar-refractivity contribution in [2.75, 3.05) is 18.6 Å². The molecule has 6 heteroatoms. The molecule has 0 amide bonds. The SMILES string of the molecule is Cc1nc2cc(C3CCOCC3)nn2c(NN)c1C. The Labute approximate surface area is 111 Å². The number of hydrazine groups is 1. The molecule has 6 nitrogen and oxygen atoms in total. The van der Waals surface area contributed by atoms with E-state index in [9.17, 15) is 0 Å². The quantitative estimate of drug-likeness (QED) is 0.633. The lowest BCUT2D eigenvalue weighted by Gasteiger charge is -2.19. The minimum atomic E-state index is 0.460. The van der Waals surface area contributed by atoms with Crippen LogP contribution in [-0.4, -0.2) is 27.8 Å². The number of aromatic nitrogens is 3. The van der Waals surface area contributed by atoms with Crippen LogP contribution >= 0.6 is 0 Å². The van der Waals surface area contributed by atoms with Gasteiger partial charge in [0.2, 0.25) is 0 Å². The smallest absolute Gasteiger partial charge is 0.157 e. The van der Waals surface area contributed by atoms with E-state index in [1.54, 1.807) is 4.52 Å². The van der Waals surface area contributed by atoms with Crippen molar-refractivity contribution in [3.63, 3.8) is 0 Å². The predicted octanol–water partition coefficient (Wildman–Crippen LogP) is 1.53. The molecule has 1 saturated heterocycles. The van der Waals surface area contributed by atoms with Crippen molar-refractivity contribution in [3.05, 3.63) is 23.0 Å². The van der Waals surface area contributed by atoms with Crippen LogP contribution < -0.4 is 11.3 Å². The molecule has 0 spiro atoms. The molecule has 0 bridgehead atoms. The molecule has 3 N–H and O–H groups in total. The second-order valence-electron chi connectivity index (χ2n) is 5.04. The van der Waals surface area contributed by atoms with Crippen LogP contribution in [0.4, 0.5) is 5.82 Å². The Morgan fingerprint density at radius 1 is 1.37 bits per heavy atom. The molecule has 1 fully saturated rings. The molecule has 0 saturated carbocycles. The van der Waals surface area contributed by atoms with E-state index < -0.39 is 0 Å². The summed E-state index contributed by atoms with van der Waals surface area (Å²) >= 11 is 0. The van der Waals surface area contributed by atoms with Crippen LogP contribution in [0.25, 0.3) is 5.65 Å². The maximum atomic E-state index is 5.61. The van der Waals surface area contributed by atoms with E-state index in [2.05, 4.69) is 21.6 Å². The summed E-state index contributed by atoms with van der Waals surface area (Å²) in [6.07, 6.45) is 2.04. The third-order valence-corrected chi connectivity index (χ3v) is 3.88. The molecule has 2 aromatic rings. The van der Waals surface area contributed by atoms with Gasteiger partial charge in [-0.3, -0.25) is 0 Å². The van der Waals surface area contributed by atoms with Gasteiger partial charge in [-0.1, -0.05) is 0 Å². The Hall–Kier alpha value is -1.66. The Morgan fingerprint density at radius 2 is 2.11 bits per heavy atom. The largest absolute Gasteiger partial charge is 0.381 e. The van der Waals surface area contributed by atoms with Gasteiger partial charge >= 0.3 is 0 Å². The fourth-order valence-corrected chi connectivity index (χ4v) is 2.58. The number of rotatable bonds is 2. The number of fused-ring (bicyclic) bond motifs is 1. The normalized spacial score (nSPS) is 17.0. The topological polar surface area (TPSA) is 77.5 Å². The second-order valence-corrected chi connectivity index (χ2v) is 5.04. The lowest BCUT2D eigenvalue weighted by atomic mass is 9.97. The minimum Gasteiger partial charge on any atom is -0.381 e. The number of nitrogens with two attached hydrogens (primary N) is 1. The Morgan fingerprint density at radius 3 is 2.79 bits per heavy atom. The number of hydrogen-bond donors (Lipinski definition) is 2. The molecular weight excluding hydrogens is 242 g/mol. The van der Waals surface area contributed by atoms with E-state index >= 15 is 0 Å². The molecular formula is C13H19N5O. The van der Waals surface area contributed by atoms with Gasteiger partial charge in [0.1, 0.15) is 5.82 Å². The third-order valence-electron chi connectivity index (χ3n) is 3.88. The summed E-state index contributed by atoms with van der Waals surface area (Å²) < 4.78 is 7.19. The highest BCUT2D eigenvalue weighted by Crippen LogP contribution is 2.28. The van der Waals surface area contributed by atoms with E-state index in [1.807, 2.05) is 13.8 Å². The minimum absolute atomic E-state index is 0.460. The van der Waals surface area contributed by atoms with Gasteiger partial charge < -0.3 is 10.2 Å². The number of nitrogens with zero attached hydrogens (tertiary/aromatic N) is 3. The first kappa shape index (κ1) is 12.4. The van der Waals surface area contributed by atoms with Crippen LogP contribution in [0.5, 0.6) is 0 Å². The third kappa shape index (κ3) is 2.06. The molecule has 19 heavy (non-hydrogen) atoms. The monoisotopic (exact) mass is 261 g/mol. The molecule has 3 heterocycles. The molecule has 2 aromatic heterocycles. The highest BCUT2D eigenvalue weighted by Gasteiger charge is 2.20. The van der Waals surface area contributed by atoms with Crippen LogP contribution in [0, 0.1) is 13.8 Å². The maximum Gasteiger partial charge on any atom is 0.157 e. The van der Waals surface area contributed by atoms with Crippen LogP contribution in [0.15, 0.2) is 6.07 Å². The van der Waals surface area contributed by atoms with Crippen molar-refractivity contribution >= 4 is 11.5 Å². The first-order chi connectivity index (χ1) is 9.20. The van der Waals surface area contributed by atoms with E-state index in [-0.39, 0.29) is 0 Å². The number of ether oxygens (including phenoxy) is 1. The Bertz CT molecular complexity index is 601. The molecule has 1 aliphatic rings. The fraction of sp³-hybridized carbons (Fsp3) is 0.538. The standard InChI is InChI=1S/C13H19N5O/c1-8-9(2)15-12-7-11(10-3-5-19-6-4-10)17-18(12)13(8)16-14/h7,10,16H,3-6,14H2,1-2H3. The molecule has 1 aliphatic heterocycles. The van der Waals surface area contributed by atoms with Gasteiger partial charge in [-0.25, -0.2) is 10.8 Å². The van der Waals surface area contributed by atoms with Gasteiger partial charge in [0.25, 0.3) is 0 Å².